The second-order valence-corrected chi connectivity index (χ2v) is 2.86. The van der Waals surface area contributed by atoms with Crippen LogP contribution in [0.15, 0.2) is 42.5 Å². The number of fused-ring (bicyclic) bond motifs is 1. The average Bonchev–Trinajstić information content (AvgIpc) is 2.17. The number of rotatable bonds is 1. The molecule has 0 aliphatic carbocycles. The monoisotopic (exact) mass is 187 g/mol. The van der Waals surface area contributed by atoms with Crippen LogP contribution in [-0.4, -0.2) is 6.16 Å². The molecule has 3 heteroatoms. The normalized spacial score (nSPS) is 10.0. The highest BCUT2D eigenvalue weighted by Crippen LogP contribution is 2.20. The topological polar surface area (TPSA) is 46.2 Å². The summed E-state index contributed by atoms with van der Waals surface area (Å²) < 4.78 is 4.43. The summed E-state index contributed by atoms with van der Waals surface area (Å²) in [6.07, 6.45) is -1.54. The van der Waals surface area contributed by atoms with Crippen molar-refractivity contribution < 1.29 is 14.6 Å². The molecule has 0 atom stereocenters. The molecule has 0 bridgehead atoms. The van der Waals surface area contributed by atoms with Crippen LogP contribution >= 0.6 is 0 Å². The molecule has 14 heavy (non-hydrogen) atoms. The van der Waals surface area contributed by atoms with E-state index in [4.69, 9.17) is 0 Å². The number of carbonyl (C=O) groups excluding carboxylic acids is 1. The maximum atomic E-state index is 10.2. The molecular formula is C11H7O3. The van der Waals surface area contributed by atoms with Crippen molar-refractivity contribution in [2.24, 2.45) is 0 Å². The second-order valence-electron chi connectivity index (χ2n) is 2.86. The molecular weight excluding hydrogens is 180 g/mol. The van der Waals surface area contributed by atoms with Crippen LogP contribution < -0.4 is 4.74 Å². The van der Waals surface area contributed by atoms with Gasteiger partial charge < -0.3 is 4.74 Å². The Balaban J connectivity index is 2.46. The van der Waals surface area contributed by atoms with E-state index in [-0.39, 0.29) is 5.75 Å². The van der Waals surface area contributed by atoms with Crippen molar-refractivity contribution in [3.05, 3.63) is 42.5 Å². The Bertz CT molecular complexity index is 477. The minimum atomic E-state index is -1.54. The third kappa shape index (κ3) is 1.66. The number of hydrogen-bond donors (Lipinski definition) is 0. The Morgan fingerprint density at radius 1 is 1.00 bits per heavy atom. The number of carbonyl (C=O) groups is 1. The lowest BCUT2D eigenvalue weighted by atomic mass is 10.1. The SMILES string of the molecule is [O]C(=O)Oc1ccc2ccccc2c1. The van der Waals surface area contributed by atoms with E-state index in [0.717, 1.165) is 10.8 Å². The summed E-state index contributed by atoms with van der Waals surface area (Å²) in [4.78, 5) is 10.2. The van der Waals surface area contributed by atoms with Crippen molar-refractivity contribution in [2.45, 2.75) is 0 Å². The summed E-state index contributed by atoms with van der Waals surface area (Å²) in [7, 11) is 0. The van der Waals surface area contributed by atoms with Crippen molar-refractivity contribution in [3.63, 3.8) is 0 Å². The Kier molecular flexibility index (Phi) is 2.07. The van der Waals surface area contributed by atoms with Crippen LogP contribution in [0.4, 0.5) is 4.79 Å². The maximum Gasteiger partial charge on any atom is 0.555 e. The minimum absolute atomic E-state index is 0.281. The van der Waals surface area contributed by atoms with E-state index >= 15 is 0 Å². The summed E-state index contributed by atoms with van der Waals surface area (Å²) in [6.45, 7) is 0. The molecule has 3 nitrogen and oxygen atoms in total. The van der Waals surface area contributed by atoms with E-state index in [2.05, 4.69) is 4.74 Å². The van der Waals surface area contributed by atoms with Crippen molar-refractivity contribution in [3.8, 4) is 5.75 Å². The molecule has 2 rings (SSSR count). The molecule has 0 amide bonds. The largest absolute Gasteiger partial charge is 0.555 e. The third-order valence-corrected chi connectivity index (χ3v) is 1.92. The fraction of sp³-hybridized carbons (Fsp3) is 0. The second kappa shape index (κ2) is 3.38. The van der Waals surface area contributed by atoms with Crippen LogP contribution in [0.3, 0.4) is 0 Å². The van der Waals surface area contributed by atoms with Gasteiger partial charge in [-0.3, -0.25) is 0 Å². The molecule has 1 radical (unpaired) electrons. The van der Waals surface area contributed by atoms with Gasteiger partial charge in [0.15, 0.2) is 0 Å². The quantitative estimate of drug-likeness (QED) is 0.509. The Morgan fingerprint density at radius 3 is 2.43 bits per heavy atom. The van der Waals surface area contributed by atoms with Gasteiger partial charge >= 0.3 is 6.16 Å². The summed E-state index contributed by atoms with van der Waals surface area (Å²) in [6, 6.07) is 12.7. The maximum absolute atomic E-state index is 10.2. The highest BCUT2D eigenvalue weighted by atomic mass is 16.7. The van der Waals surface area contributed by atoms with Gasteiger partial charge in [-0.05, 0) is 22.9 Å². The molecule has 0 aromatic heterocycles. The lowest BCUT2D eigenvalue weighted by Crippen LogP contribution is -2.00. The van der Waals surface area contributed by atoms with Crippen molar-refractivity contribution >= 4 is 16.9 Å². The molecule has 0 saturated carbocycles. The van der Waals surface area contributed by atoms with E-state index < -0.39 is 6.16 Å². The number of hydrogen-bond acceptors (Lipinski definition) is 2. The van der Waals surface area contributed by atoms with Gasteiger partial charge in [-0.1, -0.05) is 30.3 Å². The van der Waals surface area contributed by atoms with Gasteiger partial charge in [-0.25, -0.2) is 0 Å². The molecule has 2 aromatic rings. The fourth-order valence-electron chi connectivity index (χ4n) is 1.33. The van der Waals surface area contributed by atoms with Crippen molar-refractivity contribution in [1.82, 2.24) is 0 Å². The fourth-order valence-corrected chi connectivity index (χ4v) is 1.33. The van der Waals surface area contributed by atoms with Crippen LogP contribution in [0.5, 0.6) is 5.75 Å². The van der Waals surface area contributed by atoms with Crippen LogP contribution in [0.1, 0.15) is 0 Å². The van der Waals surface area contributed by atoms with E-state index in [1.807, 2.05) is 24.3 Å². The summed E-state index contributed by atoms with van der Waals surface area (Å²) in [5.41, 5.74) is 0. The zero-order chi connectivity index (χ0) is 9.97. The van der Waals surface area contributed by atoms with Crippen LogP contribution in [0.2, 0.25) is 0 Å². The standard InChI is InChI=1S/C11H7O3/c12-11(13)14-10-6-5-8-3-1-2-4-9(8)7-10/h1-7H. The molecule has 0 saturated heterocycles. The van der Waals surface area contributed by atoms with Crippen molar-refractivity contribution in [1.29, 1.82) is 0 Å². The van der Waals surface area contributed by atoms with E-state index in [9.17, 15) is 9.90 Å². The van der Waals surface area contributed by atoms with Crippen molar-refractivity contribution in [2.75, 3.05) is 0 Å². The van der Waals surface area contributed by atoms with Gasteiger partial charge in [-0.2, -0.15) is 9.90 Å². The molecule has 0 aliphatic rings. The lowest BCUT2D eigenvalue weighted by Gasteiger charge is -2.00. The minimum Gasteiger partial charge on any atom is -0.392 e. The molecule has 69 valence electrons. The summed E-state index contributed by atoms with van der Waals surface area (Å²) >= 11 is 0. The highest BCUT2D eigenvalue weighted by Gasteiger charge is 2.02. The molecule has 0 aliphatic heterocycles. The van der Waals surface area contributed by atoms with E-state index in [0.29, 0.717) is 0 Å². The Morgan fingerprint density at radius 2 is 1.71 bits per heavy atom. The molecule has 0 heterocycles. The average molecular weight is 187 g/mol. The predicted octanol–water partition coefficient (Wildman–Crippen LogP) is 2.77. The predicted molar refractivity (Wildman–Crippen MR) is 50.7 cm³/mol. The zero-order valence-corrected chi connectivity index (χ0v) is 7.27. The van der Waals surface area contributed by atoms with Crippen LogP contribution in [0.25, 0.3) is 10.8 Å². The first-order valence-electron chi connectivity index (χ1n) is 4.13. The first kappa shape index (κ1) is 8.56. The van der Waals surface area contributed by atoms with E-state index in [1.165, 1.54) is 0 Å². The summed E-state index contributed by atoms with van der Waals surface area (Å²) in [5.74, 6) is 0.281. The first-order chi connectivity index (χ1) is 6.75. The molecule has 0 spiro atoms. The Hall–Kier alpha value is -2.03. The number of benzene rings is 2. The van der Waals surface area contributed by atoms with Gasteiger partial charge in [0.1, 0.15) is 5.75 Å². The summed E-state index contributed by atoms with van der Waals surface area (Å²) in [5, 5.41) is 12.1. The lowest BCUT2D eigenvalue weighted by molar-refractivity contribution is 0.117. The smallest absolute Gasteiger partial charge is 0.392 e. The molecule has 0 fully saturated rings. The first-order valence-corrected chi connectivity index (χ1v) is 4.13. The van der Waals surface area contributed by atoms with Gasteiger partial charge in [0, 0.05) is 0 Å². The van der Waals surface area contributed by atoms with Crippen LogP contribution in [-0.2, 0) is 5.11 Å². The van der Waals surface area contributed by atoms with Gasteiger partial charge in [0.2, 0.25) is 0 Å². The van der Waals surface area contributed by atoms with Crippen LogP contribution in [0, 0.1) is 0 Å². The zero-order valence-electron chi connectivity index (χ0n) is 7.27. The molecule has 2 aromatic carbocycles. The third-order valence-electron chi connectivity index (χ3n) is 1.92. The van der Waals surface area contributed by atoms with E-state index in [1.54, 1.807) is 18.2 Å². The Labute approximate surface area is 80.5 Å². The van der Waals surface area contributed by atoms with Gasteiger partial charge in [0.25, 0.3) is 0 Å². The van der Waals surface area contributed by atoms with Gasteiger partial charge in [0.05, 0.1) is 0 Å². The highest BCUT2D eigenvalue weighted by molar-refractivity contribution is 5.84. The molecule has 0 N–H and O–H groups in total. The van der Waals surface area contributed by atoms with Gasteiger partial charge in [-0.15, -0.1) is 0 Å². The number of ether oxygens (including phenoxy) is 1. The molecule has 0 unspecified atom stereocenters.